The molecular weight excluding hydrogens is 356 g/mol. The highest BCUT2D eigenvalue weighted by Crippen LogP contribution is 2.10. The maximum atomic E-state index is 12.4. The van der Waals surface area contributed by atoms with Crippen LogP contribution in [0.3, 0.4) is 0 Å². The Morgan fingerprint density at radius 3 is 2.11 bits per heavy atom. The summed E-state index contributed by atoms with van der Waals surface area (Å²) in [5, 5.41) is 12.0. The zero-order valence-corrected chi connectivity index (χ0v) is 16.4. The number of carboxylic acids is 1. The van der Waals surface area contributed by atoms with E-state index in [1.807, 2.05) is 44.2 Å². The maximum Gasteiger partial charge on any atom is 0.326 e. The molecule has 0 saturated carbocycles. The van der Waals surface area contributed by atoms with Crippen LogP contribution >= 0.6 is 0 Å². The van der Waals surface area contributed by atoms with Gasteiger partial charge in [-0.1, -0.05) is 56.3 Å². The molecule has 2 amide bonds. The van der Waals surface area contributed by atoms with Crippen LogP contribution in [-0.4, -0.2) is 40.9 Å². The number of benzene rings is 2. The number of amides is 2. The number of rotatable bonds is 8. The zero-order chi connectivity index (χ0) is 20.7. The van der Waals surface area contributed by atoms with Crippen molar-refractivity contribution in [2.75, 3.05) is 7.05 Å². The van der Waals surface area contributed by atoms with E-state index < -0.39 is 17.9 Å². The van der Waals surface area contributed by atoms with E-state index in [-0.39, 0.29) is 18.2 Å². The Bertz CT molecular complexity index is 816. The van der Waals surface area contributed by atoms with E-state index in [2.05, 4.69) is 5.32 Å². The van der Waals surface area contributed by atoms with Gasteiger partial charge in [-0.25, -0.2) is 4.79 Å². The Kier molecular flexibility index (Phi) is 7.32. The van der Waals surface area contributed by atoms with Crippen LogP contribution in [0.5, 0.6) is 0 Å². The van der Waals surface area contributed by atoms with Crippen molar-refractivity contribution in [3.8, 4) is 0 Å². The smallest absolute Gasteiger partial charge is 0.326 e. The highest BCUT2D eigenvalue weighted by molar-refractivity contribution is 5.96. The molecule has 0 fully saturated rings. The summed E-state index contributed by atoms with van der Waals surface area (Å²) in [6.45, 7) is 4.14. The molecule has 0 heterocycles. The Labute approximate surface area is 165 Å². The van der Waals surface area contributed by atoms with Crippen LogP contribution in [-0.2, 0) is 22.6 Å². The second-order valence-electron chi connectivity index (χ2n) is 7.10. The van der Waals surface area contributed by atoms with Gasteiger partial charge >= 0.3 is 5.97 Å². The minimum absolute atomic E-state index is 0.0482. The molecule has 0 radical (unpaired) electrons. The molecule has 0 saturated heterocycles. The molecule has 1 atom stereocenters. The zero-order valence-electron chi connectivity index (χ0n) is 16.4. The third-order valence-electron chi connectivity index (χ3n) is 4.39. The van der Waals surface area contributed by atoms with Gasteiger partial charge in [0.25, 0.3) is 5.91 Å². The monoisotopic (exact) mass is 382 g/mol. The number of carbonyl (C=O) groups is 3. The summed E-state index contributed by atoms with van der Waals surface area (Å²) < 4.78 is 0. The van der Waals surface area contributed by atoms with Crippen molar-refractivity contribution >= 4 is 17.8 Å². The fourth-order valence-electron chi connectivity index (χ4n) is 2.85. The minimum atomic E-state index is -1.08. The van der Waals surface area contributed by atoms with Gasteiger partial charge < -0.3 is 15.3 Å². The number of hydrogen-bond acceptors (Lipinski definition) is 3. The first-order valence-corrected chi connectivity index (χ1v) is 9.19. The van der Waals surface area contributed by atoms with Crippen molar-refractivity contribution in [3.05, 3.63) is 71.3 Å². The molecule has 2 rings (SSSR count). The molecule has 6 nitrogen and oxygen atoms in total. The number of hydrogen-bond donors (Lipinski definition) is 2. The minimum Gasteiger partial charge on any atom is -0.480 e. The van der Waals surface area contributed by atoms with Crippen molar-refractivity contribution in [1.82, 2.24) is 10.2 Å². The number of carboxylic acid groups (broad SMARTS) is 1. The van der Waals surface area contributed by atoms with E-state index in [9.17, 15) is 19.5 Å². The molecular formula is C22H26N2O4. The molecule has 0 unspecified atom stereocenters. The van der Waals surface area contributed by atoms with Gasteiger partial charge in [0.2, 0.25) is 5.91 Å². The molecule has 2 N–H and O–H groups in total. The van der Waals surface area contributed by atoms with E-state index in [4.69, 9.17) is 0 Å². The Morgan fingerprint density at radius 1 is 0.964 bits per heavy atom. The third-order valence-corrected chi connectivity index (χ3v) is 4.39. The summed E-state index contributed by atoms with van der Waals surface area (Å²) in [6, 6.07) is 15.0. The van der Waals surface area contributed by atoms with E-state index >= 15 is 0 Å². The lowest BCUT2D eigenvalue weighted by molar-refractivity contribution is -0.139. The van der Waals surface area contributed by atoms with Gasteiger partial charge in [-0.3, -0.25) is 9.59 Å². The van der Waals surface area contributed by atoms with Crippen LogP contribution in [0.15, 0.2) is 54.6 Å². The van der Waals surface area contributed by atoms with Crippen molar-refractivity contribution in [2.45, 2.75) is 32.9 Å². The van der Waals surface area contributed by atoms with Crippen LogP contribution in [0.25, 0.3) is 0 Å². The predicted octanol–water partition coefficient (Wildman–Crippen LogP) is 2.73. The lowest BCUT2D eigenvalue weighted by atomic mass is 10.0. The molecule has 0 aliphatic rings. The van der Waals surface area contributed by atoms with E-state index in [0.29, 0.717) is 12.1 Å². The van der Waals surface area contributed by atoms with E-state index in [0.717, 1.165) is 11.1 Å². The Morgan fingerprint density at radius 2 is 1.57 bits per heavy atom. The molecule has 148 valence electrons. The summed E-state index contributed by atoms with van der Waals surface area (Å²) in [5.41, 5.74) is 2.11. The van der Waals surface area contributed by atoms with Crippen molar-refractivity contribution < 1.29 is 19.5 Å². The van der Waals surface area contributed by atoms with Gasteiger partial charge in [-0.05, 0) is 23.3 Å². The molecule has 0 bridgehead atoms. The average molecular weight is 382 g/mol. The van der Waals surface area contributed by atoms with Gasteiger partial charge in [0, 0.05) is 31.5 Å². The third kappa shape index (κ3) is 5.94. The van der Waals surface area contributed by atoms with E-state index in [1.54, 1.807) is 36.2 Å². The second-order valence-corrected chi connectivity index (χ2v) is 7.10. The summed E-state index contributed by atoms with van der Waals surface area (Å²) >= 11 is 0. The van der Waals surface area contributed by atoms with Gasteiger partial charge in [-0.2, -0.15) is 0 Å². The molecule has 6 heteroatoms. The number of carbonyl (C=O) groups excluding carboxylic acids is 2. The average Bonchev–Trinajstić information content (AvgIpc) is 2.67. The molecule has 2 aromatic rings. The fraction of sp³-hybridized carbons (Fsp3) is 0.318. The number of nitrogens with zero attached hydrogens (tertiary/aromatic N) is 1. The Balaban J connectivity index is 2.01. The number of aliphatic carboxylic acids is 1. The maximum absolute atomic E-state index is 12.4. The molecule has 0 aromatic heterocycles. The van der Waals surface area contributed by atoms with Crippen LogP contribution < -0.4 is 5.32 Å². The van der Waals surface area contributed by atoms with Gasteiger partial charge in [0.15, 0.2) is 0 Å². The van der Waals surface area contributed by atoms with Crippen LogP contribution in [0, 0.1) is 5.92 Å². The highest BCUT2D eigenvalue weighted by atomic mass is 16.4. The molecule has 0 aliphatic heterocycles. The first-order chi connectivity index (χ1) is 13.3. The van der Waals surface area contributed by atoms with Crippen molar-refractivity contribution in [1.29, 1.82) is 0 Å². The van der Waals surface area contributed by atoms with E-state index in [1.165, 1.54) is 0 Å². The van der Waals surface area contributed by atoms with Crippen LogP contribution in [0.2, 0.25) is 0 Å². The SMILES string of the molecule is CC(C)C(=O)N(C)Cc1ccc(C(=O)N[C@@H](Cc2ccccc2)C(=O)O)cc1. The number of nitrogens with one attached hydrogen (secondary N) is 1. The normalized spacial score (nSPS) is 11.7. The first kappa shape index (κ1) is 21.2. The topological polar surface area (TPSA) is 86.7 Å². The van der Waals surface area contributed by atoms with Crippen molar-refractivity contribution in [3.63, 3.8) is 0 Å². The lowest BCUT2D eigenvalue weighted by Gasteiger charge is -2.19. The second kappa shape index (κ2) is 9.69. The fourth-order valence-corrected chi connectivity index (χ4v) is 2.85. The molecule has 0 aliphatic carbocycles. The molecule has 0 spiro atoms. The van der Waals surface area contributed by atoms with Gasteiger partial charge in [0.05, 0.1) is 0 Å². The molecule has 2 aromatic carbocycles. The van der Waals surface area contributed by atoms with Crippen LogP contribution in [0.4, 0.5) is 0 Å². The quantitative estimate of drug-likeness (QED) is 0.735. The largest absolute Gasteiger partial charge is 0.480 e. The summed E-state index contributed by atoms with van der Waals surface area (Å²) in [6.07, 6.45) is 0.210. The van der Waals surface area contributed by atoms with Crippen LogP contribution in [0.1, 0.15) is 35.3 Å². The standard InChI is InChI=1S/C22H26N2O4/c1-15(2)21(26)24(3)14-17-9-11-18(12-10-17)20(25)23-19(22(27)28)13-16-7-5-4-6-8-16/h4-12,15,19H,13-14H2,1-3H3,(H,23,25)(H,27,28)/t19-/m0/s1. The first-order valence-electron chi connectivity index (χ1n) is 9.19. The van der Waals surface area contributed by atoms with Crippen molar-refractivity contribution in [2.24, 2.45) is 5.92 Å². The highest BCUT2D eigenvalue weighted by Gasteiger charge is 2.21. The lowest BCUT2D eigenvalue weighted by Crippen LogP contribution is -2.42. The molecule has 28 heavy (non-hydrogen) atoms. The van der Waals surface area contributed by atoms with Gasteiger partial charge in [-0.15, -0.1) is 0 Å². The summed E-state index contributed by atoms with van der Waals surface area (Å²) in [4.78, 5) is 37.6. The predicted molar refractivity (Wildman–Crippen MR) is 107 cm³/mol. The Hall–Kier alpha value is -3.15. The summed E-state index contributed by atoms with van der Waals surface area (Å²) in [5.74, 6) is -1.55. The van der Waals surface area contributed by atoms with Gasteiger partial charge in [0.1, 0.15) is 6.04 Å². The summed E-state index contributed by atoms with van der Waals surface area (Å²) in [7, 11) is 1.74.